The van der Waals surface area contributed by atoms with Gasteiger partial charge in [0, 0.05) is 16.2 Å². The maximum atomic E-state index is 6.64. The highest BCUT2D eigenvalue weighted by Crippen LogP contribution is 2.38. The predicted octanol–water partition coefficient (Wildman–Crippen LogP) is 5.95. The molecule has 1 aliphatic heterocycles. The molecule has 4 aromatic rings. The molecule has 0 N–H and O–H groups in total. The number of benzene rings is 4. The highest BCUT2D eigenvalue weighted by atomic mass is 31.1. The van der Waals surface area contributed by atoms with Crippen molar-refractivity contribution in [1.82, 2.24) is 0 Å². The third-order valence-corrected chi connectivity index (χ3v) is 7.67. The first-order valence-electron chi connectivity index (χ1n) is 11.2. The quantitative estimate of drug-likeness (QED) is 0.325. The van der Waals surface area contributed by atoms with Crippen molar-refractivity contribution in [3.63, 3.8) is 0 Å². The van der Waals surface area contributed by atoms with Gasteiger partial charge in [0.25, 0.3) is 0 Å². The molecule has 1 heterocycles. The van der Waals surface area contributed by atoms with Crippen LogP contribution in [0.4, 0.5) is 0 Å². The summed E-state index contributed by atoms with van der Waals surface area (Å²) in [5.41, 5.74) is 3.30. The Morgan fingerprint density at radius 1 is 0.727 bits per heavy atom. The van der Waals surface area contributed by atoms with Gasteiger partial charge in [-0.1, -0.05) is 109 Å². The van der Waals surface area contributed by atoms with Crippen molar-refractivity contribution >= 4 is 24.7 Å². The Balaban J connectivity index is 1.45. The fourth-order valence-corrected chi connectivity index (χ4v) is 5.81. The van der Waals surface area contributed by atoms with Gasteiger partial charge in [0.2, 0.25) is 5.90 Å². The Morgan fingerprint density at radius 3 is 1.88 bits per heavy atom. The molecule has 0 fully saturated rings. The summed E-state index contributed by atoms with van der Waals surface area (Å²) in [6.07, 6.45) is -0.177. The molecule has 33 heavy (non-hydrogen) atoms. The highest BCUT2D eigenvalue weighted by molar-refractivity contribution is 7.68. The molecular formula is C29H26NO2P. The number of aryl methyl sites for hydroxylation is 1. The average molecular weight is 452 g/mol. The van der Waals surface area contributed by atoms with E-state index in [-0.39, 0.29) is 12.1 Å². The summed E-state index contributed by atoms with van der Waals surface area (Å²) in [5, 5.41) is 2.38. The van der Waals surface area contributed by atoms with Gasteiger partial charge in [-0.25, -0.2) is 4.99 Å². The monoisotopic (exact) mass is 451 g/mol. The van der Waals surface area contributed by atoms with Crippen molar-refractivity contribution < 1.29 is 9.26 Å². The first-order valence-corrected chi connectivity index (χ1v) is 12.4. The van der Waals surface area contributed by atoms with Gasteiger partial charge in [0.05, 0.1) is 14.8 Å². The van der Waals surface area contributed by atoms with E-state index in [0.717, 1.165) is 16.7 Å². The van der Waals surface area contributed by atoms with Gasteiger partial charge in [-0.15, -0.1) is 0 Å². The van der Waals surface area contributed by atoms with E-state index in [9.17, 15) is 0 Å². The Bertz CT molecular complexity index is 1170. The van der Waals surface area contributed by atoms with E-state index in [1.165, 1.54) is 10.6 Å². The Labute approximate surface area is 196 Å². The fourth-order valence-electron chi connectivity index (χ4n) is 4.03. The molecule has 164 valence electrons. The minimum absolute atomic E-state index is 0.126. The zero-order chi connectivity index (χ0) is 22.5. The highest BCUT2D eigenvalue weighted by Gasteiger charge is 2.34. The van der Waals surface area contributed by atoms with Crippen LogP contribution >= 0.6 is 8.15 Å². The van der Waals surface area contributed by atoms with Crippen LogP contribution in [0.15, 0.2) is 120 Å². The molecule has 0 aromatic heterocycles. The molecule has 0 bridgehead atoms. The molecule has 0 amide bonds. The standard InChI is InChI=1S/C29H26NO2P/c1-22-13-11-12-20-26(22)29-30-27(28(32-29)23-14-5-2-6-15-23)21-31-33(24-16-7-3-8-17-24)25-18-9-4-10-19-25/h2-20,27-28H,21H2,1H3. The molecule has 0 saturated carbocycles. The second kappa shape index (κ2) is 10.1. The average Bonchev–Trinajstić information content (AvgIpc) is 3.30. The van der Waals surface area contributed by atoms with E-state index >= 15 is 0 Å². The molecule has 4 aromatic carbocycles. The summed E-state index contributed by atoms with van der Waals surface area (Å²) >= 11 is 0. The van der Waals surface area contributed by atoms with E-state index in [4.69, 9.17) is 14.3 Å². The fraction of sp³-hybridized carbons (Fsp3) is 0.138. The molecule has 0 aliphatic carbocycles. The van der Waals surface area contributed by atoms with Crippen LogP contribution in [0.2, 0.25) is 0 Å². The Hall–Kier alpha value is -3.26. The van der Waals surface area contributed by atoms with Gasteiger partial charge in [0.1, 0.15) is 6.04 Å². The Kier molecular flexibility index (Phi) is 6.62. The molecule has 0 spiro atoms. The van der Waals surface area contributed by atoms with Crippen molar-refractivity contribution in [2.75, 3.05) is 6.61 Å². The SMILES string of the molecule is Cc1ccccc1C1=NC(COP(c2ccccc2)c2ccccc2)C(c2ccccc2)O1. The van der Waals surface area contributed by atoms with Crippen LogP contribution < -0.4 is 10.6 Å². The number of hydrogen-bond donors (Lipinski definition) is 0. The first-order chi connectivity index (χ1) is 16.3. The molecule has 0 saturated heterocycles. The van der Waals surface area contributed by atoms with Gasteiger partial charge in [-0.3, -0.25) is 0 Å². The van der Waals surface area contributed by atoms with Crippen LogP contribution in [0.25, 0.3) is 0 Å². The van der Waals surface area contributed by atoms with E-state index in [1.807, 2.05) is 42.5 Å². The molecule has 1 aliphatic rings. The zero-order valence-electron chi connectivity index (χ0n) is 18.5. The van der Waals surface area contributed by atoms with Crippen molar-refractivity contribution in [1.29, 1.82) is 0 Å². The molecule has 2 unspecified atom stereocenters. The van der Waals surface area contributed by atoms with Crippen molar-refractivity contribution in [3.8, 4) is 0 Å². The summed E-state index contributed by atoms with van der Waals surface area (Å²) < 4.78 is 13.1. The third kappa shape index (κ3) is 4.90. The van der Waals surface area contributed by atoms with Gasteiger partial charge in [-0.05, 0) is 24.1 Å². The molecule has 3 nitrogen and oxygen atoms in total. The van der Waals surface area contributed by atoms with Crippen LogP contribution in [-0.2, 0) is 9.26 Å². The maximum Gasteiger partial charge on any atom is 0.217 e. The topological polar surface area (TPSA) is 30.8 Å². The normalized spacial score (nSPS) is 17.6. The number of hydrogen-bond acceptors (Lipinski definition) is 3. The number of ether oxygens (including phenoxy) is 1. The third-order valence-electron chi connectivity index (χ3n) is 5.73. The molecule has 5 rings (SSSR count). The van der Waals surface area contributed by atoms with Crippen LogP contribution in [0, 0.1) is 6.92 Å². The predicted molar refractivity (Wildman–Crippen MR) is 137 cm³/mol. The van der Waals surface area contributed by atoms with Crippen molar-refractivity contribution in [2.45, 2.75) is 19.1 Å². The van der Waals surface area contributed by atoms with Gasteiger partial charge in [-0.2, -0.15) is 0 Å². The summed E-state index contributed by atoms with van der Waals surface area (Å²) in [4.78, 5) is 5.02. The minimum atomic E-state index is -0.955. The first kappa shape index (κ1) is 21.6. The smallest absolute Gasteiger partial charge is 0.217 e. The zero-order valence-corrected chi connectivity index (χ0v) is 19.4. The second-order valence-corrected chi connectivity index (χ2v) is 9.91. The van der Waals surface area contributed by atoms with E-state index in [1.54, 1.807) is 0 Å². The van der Waals surface area contributed by atoms with Gasteiger partial charge in [0.15, 0.2) is 6.10 Å². The van der Waals surface area contributed by atoms with Crippen LogP contribution in [0.3, 0.4) is 0 Å². The van der Waals surface area contributed by atoms with Crippen LogP contribution in [0.5, 0.6) is 0 Å². The maximum absolute atomic E-state index is 6.64. The lowest BCUT2D eigenvalue weighted by Gasteiger charge is -2.22. The minimum Gasteiger partial charge on any atom is -0.467 e. The second-order valence-electron chi connectivity index (χ2n) is 8.03. The van der Waals surface area contributed by atoms with Gasteiger partial charge >= 0.3 is 0 Å². The van der Waals surface area contributed by atoms with Crippen molar-refractivity contribution in [3.05, 3.63) is 132 Å². The van der Waals surface area contributed by atoms with E-state index < -0.39 is 8.15 Å². The molecule has 0 radical (unpaired) electrons. The lowest BCUT2D eigenvalue weighted by Crippen LogP contribution is -2.22. The Morgan fingerprint density at radius 2 is 1.27 bits per heavy atom. The van der Waals surface area contributed by atoms with E-state index in [2.05, 4.69) is 79.7 Å². The molecule has 4 heteroatoms. The van der Waals surface area contributed by atoms with Crippen LogP contribution in [-0.4, -0.2) is 18.5 Å². The van der Waals surface area contributed by atoms with Crippen LogP contribution in [0.1, 0.15) is 22.8 Å². The van der Waals surface area contributed by atoms with E-state index in [0.29, 0.717) is 12.5 Å². The molecule has 2 atom stereocenters. The van der Waals surface area contributed by atoms with Crippen molar-refractivity contribution in [2.24, 2.45) is 4.99 Å². The lowest BCUT2D eigenvalue weighted by atomic mass is 10.0. The summed E-state index contributed by atoms with van der Waals surface area (Å²) in [5.74, 6) is 0.694. The molecular weight excluding hydrogens is 425 g/mol. The number of aliphatic imine (C=N–C) groups is 1. The summed E-state index contributed by atoms with van der Waals surface area (Å²) in [6, 6.07) is 39.3. The van der Waals surface area contributed by atoms with Gasteiger partial charge < -0.3 is 9.26 Å². The lowest BCUT2D eigenvalue weighted by molar-refractivity contribution is 0.166. The summed E-state index contributed by atoms with van der Waals surface area (Å²) in [7, 11) is -0.955. The largest absolute Gasteiger partial charge is 0.467 e. The number of nitrogens with zero attached hydrogens (tertiary/aromatic N) is 1. The summed E-state index contributed by atoms with van der Waals surface area (Å²) in [6.45, 7) is 2.57. The number of rotatable bonds is 7.